The van der Waals surface area contributed by atoms with E-state index in [1.54, 1.807) is 0 Å². The van der Waals surface area contributed by atoms with Crippen molar-refractivity contribution in [1.82, 2.24) is 15.0 Å². The molecule has 2 aliphatic heterocycles. The minimum atomic E-state index is 0.0536. The zero-order valence-corrected chi connectivity index (χ0v) is 12.5. The van der Waals surface area contributed by atoms with E-state index in [1.807, 2.05) is 0 Å². The first kappa shape index (κ1) is 14.3. The minimum absolute atomic E-state index is 0.0536. The maximum atomic E-state index is 5.84. The number of hydrogen-bond donors (Lipinski definition) is 1. The average molecular weight is 293 g/mol. The molecule has 1 unspecified atom stereocenters. The summed E-state index contributed by atoms with van der Waals surface area (Å²) >= 11 is 0. The highest BCUT2D eigenvalue weighted by molar-refractivity contribution is 5.39. The molecule has 21 heavy (non-hydrogen) atoms. The van der Waals surface area contributed by atoms with Crippen LogP contribution in [0.5, 0.6) is 6.01 Å². The molecule has 1 aromatic heterocycles. The van der Waals surface area contributed by atoms with Crippen molar-refractivity contribution in [2.24, 2.45) is 0 Å². The molecule has 0 bridgehead atoms. The van der Waals surface area contributed by atoms with Crippen LogP contribution in [-0.2, 0) is 4.74 Å². The Balaban J connectivity index is 1.77. The van der Waals surface area contributed by atoms with Crippen molar-refractivity contribution >= 4 is 11.9 Å². The van der Waals surface area contributed by atoms with Crippen molar-refractivity contribution in [3.05, 3.63) is 0 Å². The van der Waals surface area contributed by atoms with Crippen LogP contribution in [0.1, 0.15) is 32.6 Å². The van der Waals surface area contributed by atoms with Crippen LogP contribution >= 0.6 is 0 Å². The van der Waals surface area contributed by atoms with Gasteiger partial charge in [-0.3, -0.25) is 0 Å². The van der Waals surface area contributed by atoms with Gasteiger partial charge in [-0.05, 0) is 19.3 Å². The Labute approximate surface area is 125 Å². The van der Waals surface area contributed by atoms with Gasteiger partial charge in [0.25, 0.3) is 0 Å². The normalized spacial score (nSPS) is 21.8. The number of aromatic nitrogens is 3. The van der Waals surface area contributed by atoms with Gasteiger partial charge in [-0.1, -0.05) is 6.92 Å². The van der Waals surface area contributed by atoms with Gasteiger partial charge in [0.05, 0.1) is 13.2 Å². The van der Waals surface area contributed by atoms with Gasteiger partial charge in [0.2, 0.25) is 11.9 Å². The van der Waals surface area contributed by atoms with Gasteiger partial charge >= 0.3 is 6.01 Å². The fraction of sp³-hybridized carbons (Fsp3) is 0.786. The Kier molecular flexibility index (Phi) is 4.69. The van der Waals surface area contributed by atoms with E-state index in [4.69, 9.17) is 9.47 Å². The molecule has 0 radical (unpaired) electrons. The molecule has 0 aromatic carbocycles. The van der Waals surface area contributed by atoms with Crippen LogP contribution in [0.3, 0.4) is 0 Å². The van der Waals surface area contributed by atoms with Gasteiger partial charge < -0.3 is 19.7 Å². The third-order valence-corrected chi connectivity index (χ3v) is 3.69. The van der Waals surface area contributed by atoms with E-state index < -0.39 is 0 Å². The summed E-state index contributed by atoms with van der Waals surface area (Å²) in [5, 5.41) is 3.22. The summed E-state index contributed by atoms with van der Waals surface area (Å²) in [5.74, 6) is 1.32. The highest BCUT2D eigenvalue weighted by atomic mass is 16.6. The van der Waals surface area contributed by atoms with E-state index in [2.05, 4.69) is 32.1 Å². The highest BCUT2D eigenvalue weighted by Gasteiger charge is 2.22. The lowest BCUT2D eigenvalue weighted by molar-refractivity contribution is 0.134. The maximum absolute atomic E-state index is 5.84. The zero-order valence-electron chi connectivity index (χ0n) is 12.5. The lowest BCUT2D eigenvalue weighted by Crippen LogP contribution is -2.23. The SMILES string of the molecule is CCCNc1nc(OC2CCOC2)nc(N2CCCC2)n1. The number of nitrogens with one attached hydrogen (secondary N) is 1. The second kappa shape index (κ2) is 6.89. The van der Waals surface area contributed by atoms with Gasteiger partial charge in [-0.2, -0.15) is 15.0 Å². The van der Waals surface area contributed by atoms with Gasteiger partial charge in [0.15, 0.2) is 0 Å². The van der Waals surface area contributed by atoms with Crippen molar-refractivity contribution in [2.45, 2.75) is 38.7 Å². The molecule has 3 heterocycles. The van der Waals surface area contributed by atoms with Crippen molar-refractivity contribution in [1.29, 1.82) is 0 Å². The molecule has 1 atom stereocenters. The third kappa shape index (κ3) is 3.72. The first-order chi connectivity index (χ1) is 10.3. The highest BCUT2D eigenvalue weighted by Crippen LogP contribution is 2.21. The van der Waals surface area contributed by atoms with Crippen LogP contribution in [0.2, 0.25) is 0 Å². The summed E-state index contributed by atoms with van der Waals surface area (Å²) in [4.78, 5) is 15.5. The third-order valence-electron chi connectivity index (χ3n) is 3.69. The molecule has 1 aromatic rings. The van der Waals surface area contributed by atoms with Crippen molar-refractivity contribution in [2.75, 3.05) is 43.1 Å². The van der Waals surface area contributed by atoms with Crippen molar-refractivity contribution in [3.8, 4) is 6.01 Å². The molecule has 1 N–H and O–H groups in total. The smallest absolute Gasteiger partial charge is 0.323 e. The van der Waals surface area contributed by atoms with E-state index in [9.17, 15) is 0 Å². The predicted molar refractivity (Wildman–Crippen MR) is 79.9 cm³/mol. The fourth-order valence-electron chi connectivity index (χ4n) is 2.53. The monoisotopic (exact) mass is 293 g/mol. The van der Waals surface area contributed by atoms with E-state index in [0.717, 1.165) is 45.0 Å². The predicted octanol–water partition coefficient (Wildman–Crippen LogP) is 1.46. The standard InChI is InChI=1S/C14H23N5O2/c1-2-6-15-12-16-13(19-7-3-4-8-19)18-14(17-12)21-11-5-9-20-10-11/h11H,2-10H2,1H3,(H,15,16,17,18). The maximum Gasteiger partial charge on any atom is 0.323 e. The quantitative estimate of drug-likeness (QED) is 0.851. The van der Waals surface area contributed by atoms with E-state index in [1.165, 1.54) is 12.8 Å². The molecule has 7 nitrogen and oxygen atoms in total. The second-order valence-corrected chi connectivity index (χ2v) is 5.47. The van der Waals surface area contributed by atoms with Crippen LogP contribution < -0.4 is 15.0 Å². The van der Waals surface area contributed by atoms with Gasteiger partial charge in [0.1, 0.15) is 6.10 Å². The summed E-state index contributed by atoms with van der Waals surface area (Å²) in [6.07, 6.45) is 4.35. The number of hydrogen-bond acceptors (Lipinski definition) is 7. The lowest BCUT2D eigenvalue weighted by Gasteiger charge is -2.18. The molecular formula is C14H23N5O2. The topological polar surface area (TPSA) is 72.4 Å². The molecule has 0 aliphatic carbocycles. The van der Waals surface area contributed by atoms with E-state index in [-0.39, 0.29) is 6.10 Å². The zero-order chi connectivity index (χ0) is 14.5. The van der Waals surface area contributed by atoms with Crippen LogP contribution in [0, 0.1) is 0 Å². The second-order valence-electron chi connectivity index (χ2n) is 5.47. The number of nitrogens with zero attached hydrogens (tertiary/aromatic N) is 4. The summed E-state index contributed by atoms with van der Waals surface area (Å²) in [5.41, 5.74) is 0. The van der Waals surface area contributed by atoms with Gasteiger partial charge in [0, 0.05) is 26.1 Å². The molecule has 7 heteroatoms. The molecule has 0 amide bonds. The Morgan fingerprint density at radius 2 is 2.14 bits per heavy atom. The van der Waals surface area contributed by atoms with Crippen molar-refractivity contribution < 1.29 is 9.47 Å². The van der Waals surface area contributed by atoms with Gasteiger partial charge in [-0.15, -0.1) is 0 Å². The van der Waals surface area contributed by atoms with E-state index in [0.29, 0.717) is 18.6 Å². The molecule has 2 fully saturated rings. The van der Waals surface area contributed by atoms with Crippen molar-refractivity contribution in [3.63, 3.8) is 0 Å². The van der Waals surface area contributed by atoms with Crippen LogP contribution in [0.25, 0.3) is 0 Å². The van der Waals surface area contributed by atoms with Crippen LogP contribution in [0.4, 0.5) is 11.9 Å². The Bertz CT molecular complexity index is 459. The summed E-state index contributed by atoms with van der Waals surface area (Å²) in [6, 6.07) is 0.404. The Morgan fingerprint density at radius 1 is 1.29 bits per heavy atom. The molecule has 0 saturated carbocycles. The Hall–Kier alpha value is -1.63. The molecule has 116 valence electrons. The number of ether oxygens (including phenoxy) is 2. The summed E-state index contributed by atoms with van der Waals surface area (Å²) < 4.78 is 11.2. The number of rotatable bonds is 6. The van der Waals surface area contributed by atoms with Gasteiger partial charge in [-0.25, -0.2) is 0 Å². The molecular weight excluding hydrogens is 270 g/mol. The van der Waals surface area contributed by atoms with Crippen LogP contribution in [-0.4, -0.2) is 53.9 Å². The average Bonchev–Trinajstić information content (AvgIpc) is 3.18. The minimum Gasteiger partial charge on any atom is -0.457 e. The largest absolute Gasteiger partial charge is 0.457 e. The Morgan fingerprint density at radius 3 is 2.86 bits per heavy atom. The first-order valence-electron chi connectivity index (χ1n) is 7.84. The fourth-order valence-corrected chi connectivity index (χ4v) is 2.53. The summed E-state index contributed by atoms with van der Waals surface area (Å²) in [6.45, 7) is 6.32. The molecule has 2 saturated heterocycles. The molecule has 0 spiro atoms. The first-order valence-corrected chi connectivity index (χ1v) is 7.84. The number of anilines is 2. The van der Waals surface area contributed by atoms with Crippen LogP contribution in [0.15, 0.2) is 0 Å². The molecule has 3 rings (SSSR count). The molecule has 2 aliphatic rings. The lowest BCUT2D eigenvalue weighted by atomic mass is 10.3. The summed E-state index contributed by atoms with van der Waals surface area (Å²) in [7, 11) is 0. The van der Waals surface area contributed by atoms with E-state index >= 15 is 0 Å².